The van der Waals surface area contributed by atoms with E-state index in [-0.39, 0.29) is 5.97 Å². The lowest BCUT2D eigenvalue weighted by molar-refractivity contribution is -0.138. The summed E-state index contributed by atoms with van der Waals surface area (Å²) < 4.78 is 4.87. The van der Waals surface area contributed by atoms with Gasteiger partial charge in [0, 0.05) is 10.6 Å². The van der Waals surface area contributed by atoms with E-state index < -0.39 is 0 Å². The fraction of sp³-hybridized carbons (Fsp3) is 0.250. The van der Waals surface area contributed by atoms with Crippen LogP contribution in [0, 0.1) is 0 Å². The van der Waals surface area contributed by atoms with Crippen molar-refractivity contribution in [1.82, 2.24) is 0 Å². The molecule has 1 rings (SSSR count). The third-order valence-electron chi connectivity index (χ3n) is 1.83. The molecule has 0 aromatic heterocycles. The summed E-state index contributed by atoms with van der Waals surface area (Å²) in [5, 5.41) is 0.653. The number of ether oxygens (including phenoxy) is 1. The van der Waals surface area contributed by atoms with Crippen molar-refractivity contribution in [2.75, 3.05) is 6.61 Å². The predicted molar refractivity (Wildman–Crippen MR) is 61.7 cm³/mol. The van der Waals surface area contributed by atoms with E-state index in [0.29, 0.717) is 17.2 Å². The summed E-state index contributed by atoms with van der Waals surface area (Å²) in [6.07, 6.45) is 1.75. The number of benzene rings is 1. The highest BCUT2D eigenvalue weighted by Gasteiger charge is 2.03. The van der Waals surface area contributed by atoms with Gasteiger partial charge in [-0.25, -0.2) is 4.79 Å². The number of hydrogen-bond donors (Lipinski definition) is 0. The van der Waals surface area contributed by atoms with Crippen LogP contribution in [-0.4, -0.2) is 12.6 Å². The van der Waals surface area contributed by atoms with Crippen molar-refractivity contribution < 1.29 is 9.53 Å². The fourth-order valence-corrected chi connectivity index (χ4v) is 1.35. The lowest BCUT2D eigenvalue weighted by Gasteiger charge is -2.01. The Kier molecular flexibility index (Phi) is 4.37. The Morgan fingerprint density at radius 2 is 2.27 bits per heavy atom. The van der Waals surface area contributed by atoms with Crippen LogP contribution in [0.5, 0.6) is 0 Å². The summed E-state index contributed by atoms with van der Waals surface area (Å²) in [6.45, 7) is 3.89. The molecule has 80 valence electrons. The summed E-state index contributed by atoms with van der Waals surface area (Å²) >= 11 is 5.82. The van der Waals surface area contributed by atoms with E-state index in [0.717, 1.165) is 5.56 Å². The number of esters is 1. The second-order valence-electron chi connectivity index (χ2n) is 3.10. The van der Waals surface area contributed by atoms with Crippen LogP contribution >= 0.6 is 11.6 Å². The molecule has 0 heterocycles. The molecule has 0 N–H and O–H groups in total. The lowest BCUT2D eigenvalue weighted by atomic mass is 10.1. The van der Waals surface area contributed by atoms with E-state index in [2.05, 4.69) is 0 Å². The topological polar surface area (TPSA) is 26.3 Å². The average Bonchev–Trinajstić information content (AvgIpc) is 2.18. The Morgan fingerprint density at radius 1 is 1.53 bits per heavy atom. The molecule has 1 aromatic rings. The molecule has 0 saturated carbocycles. The monoisotopic (exact) mass is 224 g/mol. The van der Waals surface area contributed by atoms with Crippen LogP contribution in [-0.2, 0) is 9.53 Å². The molecule has 15 heavy (non-hydrogen) atoms. The summed E-state index contributed by atoms with van der Waals surface area (Å²) in [5.41, 5.74) is 1.46. The zero-order valence-corrected chi connectivity index (χ0v) is 9.54. The molecule has 3 heteroatoms. The largest absolute Gasteiger partial charge is 0.463 e. The number of halogens is 1. The first-order valence-electron chi connectivity index (χ1n) is 4.74. The van der Waals surface area contributed by atoms with Crippen molar-refractivity contribution in [1.29, 1.82) is 0 Å². The number of carbonyl (C=O) groups is 1. The minimum atomic E-state index is -0.294. The molecular weight excluding hydrogens is 212 g/mol. The van der Waals surface area contributed by atoms with Crippen molar-refractivity contribution >= 4 is 23.6 Å². The summed E-state index contributed by atoms with van der Waals surface area (Å²) in [7, 11) is 0. The molecule has 0 amide bonds. The van der Waals surface area contributed by atoms with Crippen molar-refractivity contribution in [3.63, 3.8) is 0 Å². The maximum Gasteiger partial charge on any atom is 0.333 e. The van der Waals surface area contributed by atoms with Gasteiger partial charge < -0.3 is 4.74 Å². The van der Waals surface area contributed by atoms with Crippen LogP contribution in [0.4, 0.5) is 0 Å². The van der Waals surface area contributed by atoms with E-state index in [9.17, 15) is 4.79 Å². The average molecular weight is 225 g/mol. The van der Waals surface area contributed by atoms with Crippen LogP contribution < -0.4 is 0 Å². The first-order chi connectivity index (χ1) is 7.13. The van der Waals surface area contributed by atoms with E-state index >= 15 is 0 Å². The lowest BCUT2D eigenvalue weighted by Crippen LogP contribution is -2.04. The summed E-state index contributed by atoms with van der Waals surface area (Å²) in [4.78, 5) is 11.3. The normalized spacial score (nSPS) is 11.3. The molecule has 0 unspecified atom stereocenters. The fourth-order valence-electron chi connectivity index (χ4n) is 1.15. The molecule has 0 aliphatic rings. The van der Waals surface area contributed by atoms with Gasteiger partial charge >= 0.3 is 5.97 Å². The van der Waals surface area contributed by atoms with Crippen molar-refractivity contribution in [3.05, 3.63) is 40.4 Å². The number of carbonyl (C=O) groups excluding carboxylic acids is 1. The number of rotatable bonds is 3. The predicted octanol–water partition coefficient (Wildman–Crippen LogP) is 3.31. The summed E-state index contributed by atoms with van der Waals surface area (Å²) in [5.74, 6) is -0.294. The SMILES string of the molecule is CCOC(=O)/C(C)=C/c1cccc(Cl)c1. The van der Waals surface area contributed by atoms with Gasteiger partial charge in [0.2, 0.25) is 0 Å². The molecule has 0 bridgehead atoms. The molecule has 0 saturated heterocycles. The Hall–Kier alpha value is -1.28. The zero-order valence-electron chi connectivity index (χ0n) is 8.79. The highest BCUT2D eigenvalue weighted by Crippen LogP contribution is 2.14. The van der Waals surface area contributed by atoms with Crippen molar-refractivity contribution in [2.45, 2.75) is 13.8 Å². The van der Waals surface area contributed by atoms with Gasteiger partial charge in [0.05, 0.1) is 6.61 Å². The minimum absolute atomic E-state index is 0.294. The van der Waals surface area contributed by atoms with Gasteiger partial charge in [0.25, 0.3) is 0 Å². The second-order valence-corrected chi connectivity index (χ2v) is 3.54. The highest BCUT2D eigenvalue weighted by molar-refractivity contribution is 6.30. The highest BCUT2D eigenvalue weighted by atomic mass is 35.5. The number of hydrogen-bond acceptors (Lipinski definition) is 2. The smallest absolute Gasteiger partial charge is 0.333 e. The minimum Gasteiger partial charge on any atom is -0.463 e. The second kappa shape index (κ2) is 5.56. The van der Waals surface area contributed by atoms with Gasteiger partial charge in [-0.3, -0.25) is 0 Å². The van der Waals surface area contributed by atoms with Gasteiger partial charge in [0.15, 0.2) is 0 Å². The molecule has 0 radical (unpaired) electrons. The maximum atomic E-state index is 11.3. The Labute approximate surface area is 94.5 Å². The first-order valence-corrected chi connectivity index (χ1v) is 5.12. The van der Waals surface area contributed by atoms with E-state index in [4.69, 9.17) is 16.3 Å². The van der Waals surface area contributed by atoms with Crippen LogP contribution in [0.2, 0.25) is 5.02 Å². The molecule has 0 atom stereocenters. The molecule has 0 fully saturated rings. The third-order valence-corrected chi connectivity index (χ3v) is 2.06. The Morgan fingerprint density at radius 3 is 2.87 bits per heavy atom. The zero-order chi connectivity index (χ0) is 11.3. The van der Waals surface area contributed by atoms with Crippen molar-refractivity contribution in [2.24, 2.45) is 0 Å². The maximum absolute atomic E-state index is 11.3. The molecule has 0 aliphatic heterocycles. The summed E-state index contributed by atoms with van der Waals surface area (Å²) in [6, 6.07) is 7.31. The molecular formula is C12H13ClO2. The van der Waals surface area contributed by atoms with Crippen LogP contribution in [0.1, 0.15) is 19.4 Å². The molecule has 2 nitrogen and oxygen atoms in total. The quantitative estimate of drug-likeness (QED) is 0.582. The third kappa shape index (κ3) is 3.76. The van der Waals surface area contributed by atoms with Crippen molar-refractivity contribution in [3.8, 4) is 0 Å². The molecule has 0 spiro atoms. The van der Waals surface area contributed by atoms with Crippen LogP contribution in [0.15, 0.2) is 29.8 Å². The molecule has 0 aliphatic carbocycles. The Bertz CT molecular complexity index is 383. The van der Waals surface area contributed by atoms with E-state index in [1.807, 2.05) is 12.1 Å². The van der Waals surface area contributed by atoms with Crippen LogP contribution in [0.3, 0.4) is 0 Å². The molecule has 1 aromatic carbocycles. The standard InChI is InChI=1S/C12H13ClO2/c1-3-15-12(14)9(2)7-10-5-4-6-11(13)8-10/h4-8H,3H2,1-2H3/b9-7+. The van der Waals surface area contributed by atoms with Gasteiger partial charge in [-0.1, -0.05) is 23.7 Å². The first kappa shape index (κ1) is 11.8. The van der Waals surface area contributed by atoms with Gasteiger partial charge in [0.1, 0.15) is 0 Å². The van der Waals surface area contributed by atoms with Crippen LogP contribution in [0.25, 0.3) is 6.08 Å². The van der Waals surface area contributed by atoms with Gasteiger partial charge in [-0.2, -0.15) is 0 Å². The van der Waals surface area contributed by atoms with Gasteiger partial charge in [-0.05, 0) is 37.6 Å². The van der Waals surface area contributed by atoms with E-state index in [1.165, 1.54) is 0 Å². The van der Waals surface area contributed by atoms with Gasteiger partial charge in [-0.15, -0.1) is 0 Å². The Balaban J connectivity index is 2.82. The van der Waals surface area contributed by atoms with E-state index in [1.54, 1.807) is 32.1 Å².